The van der Waals surface area contributed by atoms with Gasteiger partial charge in [-0.3, -0.25) is 4.55 Å². The Kier molecular flexibility index (Phi) is 4.35. The molecule has 0 aromatic heterocycles. The van der Waals surface area contributed by atoms with Gasteiger partial charge in [0.05, 0.1) is 11.5 Å². The first-order chi connectivity index (χ1) is 5.55. The lowest BCUT2D eigenvalue weighted by molar-refractivity contribution is 0.278. The average Bonchev–Trinajstić information content (AvgIpc) is 2.03. The molecule has 0 aliphatic rings. The number of aliphatic hydroxyl groups excluding tert-OH is 1. The van der Waals surface area contributed by atoms with Crippen molar-refractivity contribution in [2.24, 2.45) is 0 Å². The maximum atomic E-state index is 10.7. The molecular formula is C7H9ClO4S. The van der Waals surface area contributed by atoms with Crippen molar-refractivity contribution >= 4 is 22.5 Å². The van der Waals surface area contributed by atoms with Crippen LogP contribution in [0.1, 0.15) is 5.56 Å². The third-order valence-electron chi connectivity index (χ3n) is 1.42. The van der Waals surface area contributed by atoms with Gasteiger partial charge in [-0.1, -0.05) is 18.2 Å². The van der Waals surface area contributed by atoms with Crippen molar-refractivity contribution in [2.75, 3.05) is 0 Å². The molecule has 0 heterocycles. The summed E-state index contributed by atoms with van der Waals surface area (Å²) in [6.07, 6.45) is 0. The van der Waals surface area contributed by atoms with Crippen LogP contribution < -0.4 is 0 Å². The van der Waals surface area contributed by atoms with Gasteiger partial charge in [0, 0.05) is 0 Å². The zero-order valence-corrected chi connectivity index (χ0v) is 8.18. The molecule has 1 aromatic rings. The van der Waals surface area contributed by atoms with Crippen LogP contribution in [-0.2, 0) is 16.7 Å². The molecule has 0 radical (unpaired) electrons. The zero-order valence-electron chi connectivity index (χ0n) is 6.54. The fourth-order valence-electron chi connectivity index (χ4n) is 0.886. The first-order valence-corrected chi connectivity index (χ1v) is 4.66. The Bertz CT molecular complexity index is 374. The Labute approximate surface area is 82.4 Å². The van der Waals surface area contributed by atoms with Gasteiger partial charge in [0.25, 0.3) is 10.1 Å². The largest absolute Gasteiger partial charge is 0.392 e. The average molecular weight is 225 g/mol. The van der Waals surface area contributed by atoms with Crippen molar-refractivity contribution in [3.63, 3.8) is 0 Å². The third kappa shape index (κ3) is 2.96. The number of halogens is 1. The Morgan fingerprint density at radius 1 is 1.23 bits per heavy atom. The molecule has 0 aliphatic carbocycles. The smallest absolute Gasteiger partial charge is 0.294 e. The van der Waals surface area contributed by atoms with Gasteiger partial charge in [0.2, 0.25) is 0 Å². The summed E-state index contributed by atoms with van der Waals surface area (Å²) in [5, 5.41) is 8.71. The Balaban J connectivity index is 0.00000144. The molecule has 74 valence electrons. The van der Waals surface area contributed by atoms with Crippen molar-refractivity contribution < 1.29 is 18.1 Å². The highest BCUT2D eigenvalue weighted by Gasteiger charge is 2.12. The first-order valence-electron chi connectivity index (χ1n) is 3.22. The molecule has 0 unspecified atom stereocenters. The van der Waals surface area contributed by atoms with E-state index < -0.39 is 16.7 Å². The summed E-state index contributed by atoms with van der Waals surface area (Å²) >= 11 is 0. The highest BCUT2D eigenvalue weighted by molar-refractivity contribution is 7.85. The van der Waals surface area contributed by atoms with Crippen molar-refractivity contribution in [2.45, 2.75) is 11.5 Å². The van der Waals surface area contributed by atoms with Gasteiger partial charge < -0.3 is 5.11 Å². The lowest BCUT2D eigenvalue weighted by Gasteiger charge is -2.01. The highest BCUT2D eigenvalue weighted by atomic mass is 35.5. The molecule has 0 amide bonds. The fraction of sp³-hybridized carbons (Fsp3) is 0.143. The second-order valence-electron chi connectivity index (χ2n) is 2.24. The van der Waals surface area contributed by atoms with Crippen molar-refractivity contribution in [3.8, 4) is 0 Å². The van der Waals surface area contributed by atoms with Gasteiger partial charge in [-0.25, -0.2) is 0 Å². The van der Waals surface area contributed by atoms with E-state index in [4.69, 9.17) is 9.66 Å². The molecule has 1 aromatic carbocycles. The van der Waals surface area contributed by atoms with E-state index in [1.54, 1.807) is 6.07 Å². The quantitative estimate of drug-likeness (QED) is 0.731. The lowest BCUT2D eigenvalue weighted by atomic mass is 10.2. The number of hydrogen-bond donors (Lipinski definition) is 2. The summed E-state index contributed by atoms with van der Waals surface area (Å²) in [7, 11) is -4.21. The molecule has 0 saturated carbocycles. The SMILES string of the molecule is Cl.O=S(=O)(O)c1ccccc1CO. The van der Waals surface area contributed by atoms with Crippen LogP contribution in [0.4, 0.5) is 0 Å². The summed E-state index contributed by atoms with van der Waals surface area (Å²) in [5.41, 5.74) is 0.194. The lowest BCUT2D eigenvalue weighted by Crippen LogP contribution is -2.02. The van der Waals surface area contributed by atoms with Crippen molar-refractivity contribution in [3.05, 3.63) is 29.8 Å². The van der Waals surface area contributed by atoms with E-state index in [1.807, 2.05) is 0 Å². The minimum absolute atomic E-state index is 0. The molecular weight excluding hydrogens is 216 g/mol. The van der Waals surface area contributed by atoms with Crippen molar-refractivity contribution in [1.82, 2.24) is 0 Å². The second-order valence-corrected chi connectivity index (χ2v) is 3.63. The number of benzene rings is 1. The van der Waals surface area contributed by atoms with Crippen LogP contribution >= 0.6 is 12.4 Å². The van der Waals surface area contributed by atoms with Crippen LogP contribution in [0.3, 0.4) is 0 Å². The number of aliphatic hydroxyl groups is 1. The molecule has 0 fully saturated rings. The molecule has 0 aliphatic heterocycles. The topological polar surface area (TPSA) is 74.6 Å². The Morgan fingerprint density at radius 3 is 2.15 bits per heavy atom. The maximum Gasteiger partial charge on any atom is 0.294 e. The Hall–Kier alpha value is -0.620. The van der Waals surface area contributed by atoms with E-state index in [-0.39, 0.29) is 22.9 Å². The van der Waals surface area contributed by atoms with Crippen LogP contribution in [0.5, 0.6) is 0 Å². The molecule has 0 spiro atoms. The summed E-state index contributed by atoms with van der Waals surface area (Å²) in [6, 6.07) is 5.73. The first kappa shape index (κ1) is 12.4. The normalized spacial score (nSPS) is 10.6. The minimum atomic E-state index is -4.21. The van der Waals surface area contributed by atoms with Crippen molar-refractivity contribution in [1.29, 1.82) is 0 Å². The molecule has 4 nitrogen and oxygen atoms in total. The van der Waals surface area contributed by atoms with Crippen LogP contribution in [0, 0.1) is 0 Å². The standard InChI is InChI=1S/C7H8O4S.ClH/c8-5-6-3-1-2-4-7(6)12(9,10)11;/h1-4,8H,5H2,(H,9,10,11);1H. The Morgan fingerprint density at radius 2 is 1.77 bits per heavy atom. The van der Waals surface area contributed by atoms with Gasteiger partial charge in [0.1, 0.15) is 0 Å². The monoisotopic (exact) mass is 224 g/mol. The van der Waals surface area contributed by atoms with E-state index in [1.165, 1.54) is 18.2 Å². The van der Waals surface area contributed by atoms with Gasteiger partial charge >= 0.3 is 0 Å². The molecule has 13 heavy (non-hydrogen) atoms. The summed E-state index contributed by atoms with van der Waals surface area (Å²) in [6.45, 7) is -0.407. The molecule has 6 heteroatoms. The van der Waals surface area contributed by atoms with E-state index in [0.717, 1.165) is 0 Å². The van der Waals surface area contributed by atoms with Gasteiger partial charge in [-0.2, -0.15) is 8.42 Å². The second kappa shape index (κ2) is 4.57. The van der Waals surface area contributed by atoms with Gasteiger partial charge in [-0.15, -0.1) is 12.4 Å². The highest BCUT2D eigenvalue weighted by Crippen LogP contribution is 2.14. The van der Waals surface area contributed by atoms with Crippen LogP contribution in [-0.4, -0.2) is 18.1 Å². The summed E-state index contributed by atoms with van der Waals surface area (Å²) in [4.78, 5) is -0.243. The van der Waals surface area contributed by atoms with E-state index in [2.05, 4.69) is 0 Å². The number of rotatable bonds is 2. The predicted molar refractivity (Wildman–Crippen MR) is 49.4 cm³/mol. The van der Waals surface area contributed by atoms with Crippen LogP contribution in [0.15, 0.2) is 29.2 Å². The van der Waals surface area contributed by atoms with Crippen LogP contribution in [0.2, 0.25) is 0 Å². The molecule has 2 N–H and O–H groups in total. The predicted octanol–water partition coefficient (Wildman–Crippen LogP) is 0.847. The maximum absolute atomic E-state index is 10.7. The fourth-order valence-corrected chi connectivity index (χ4v) is 1.60. The van der Waals surface area contributed by atoms with E-state index in [0.29, 0.717) is 0 Å². The zero-order chi connectivity index (χ0) is 9.19. The van der Waals surface area contributed by atoms with Crippen LogP contribution in [0.25, 0.3) is 0 Å². The minimum Gasteiger partial charge on any atom is -0.392 e. The summed E-state index contributed by atoms with van der Waals surface area (Å²) < 4.78 is 30.0. The van der Waals surface area contributed by atoms with E-state index in [9.17, 15) is 8.42 Å². The summed E-state index contributed by atoms with van der Waals surface area (Å²) in [5.74, 6) is 0. The molecule has 0 atom stereocenters. The van der Waals surface area contributed by atoms with Gasteiger partial charge in [-0.05, 0) is 11.6 Å². The third-order valence-corrected chi connectivity index (χ3v) is 2.37. The number of hydrogen-bond acceptors (Lipinski definition) is 3. The van der Waals surface area contributed by atoms with Gasteiger partial charge in [0.15, 0.2) is 0 Å². The molecule has 0 bridgehead atoms. The molecule has 0 saturated heterocycles. The van der Waals surface area contributed by atoms with E-state index >= 15 is 0 Å². The molecule has 1 rings (SSSR count).